The Morgan fingerprint density at radius 2 is 1.87 bits per heavy atom. The van der Waals surface area contributed by atoms with Crippen LogP contribution < -0.4 is 16.4 Å². The van der Waals surface area contributed by atoms with Gasteiger partial charge >= 0.3 is 0 Å². The smallest absolute Gasteiger partial charge is 0.223 e. The Morgan fingerprint density at radius 1 is 1.00 bits per heavy atom. The van der Waals surface area contributed by atoms with Gasteiger partial charge in [-0.05, 0) is 49.9 Å². The summed E-state index contributed by atoms with van der Waals surface area (Å²) in [5.74, 6) is -0.0832. The monoisotopic (exact) mass is 418 g/mol. The predicted octanol–water partition coefficient (Wildman–Crippen LogP) is 3.75. The van der Waals surface area contributed by atoms with E-state index in [1.165, 1.54) is 6.20 Å². The van der Waals surface area contributed by atoms with Gasteiger partial charge in [-0.2, -0.15) is 0 Å². The molecular weight excluding hydrogens is 395 g/mol. The van der Waals surface area contributed by atoms with Crippen LogP contribution >= 0.6 is 0 Å². The van der Waals surface area contributed by atoms with Crippen LogP contribution in [-0.2, 0) is 0 Å². The number of nitrogens with two attached hydrogens (primary N) is 1. The molecule has 1 aliphatic rings. The van der Waals surface area contributed by atoms with Gasteiger partial charge in [0.05, 0.1) is 35.7 Å². The van der Waals surface area contributed by atoms with Crippen LogP contribution in [0.4, 0.5) is 21.7 Å². The quantitative estimate of drug-likeness (QED) is 0.453. The number of nitrogens with one attached hydrogen (secondary N) is 2. The lowest BCUT2D eigenvalue weighted by atomic mass is 9.92. The van der Waals surface area contributed by atoms with Gasteiger partial charge in [-0.25, -0.2) is 19.3 Å². The van der Waals surface area contributed by atoms with Crippen LogP contribution in [0.3, 0.4) is 0 Å². The van der Waals surface area contributed by atoms with E-state index >= 15 is 0 Å². The lowest BCUT2D eigenvalue weighted by Crippen LogP contribution is -2.33. The van der Waals surface area contributed by atoms with E-state index < -0.39 is 5.82 Å². The van der Waals surface area contributed by atoms with E-state index in [0.29, 0.717) is 17.3 Å². The first-order valence-electron chi connectivity index (χ1n) is 10.3. The largest absolute Gasteiger partial charge is 0.353 e. The molecule has 0 unspecified atom stereocenters. The molecular formula is C22H23FN8. The van der Waals surface area contributed by atoms with Crippen LogP contribution in [-0.4, -0.2) is 36.4 Å². The standard InChI is InChI=1S/C22H23FN8/c23-18-11-27-22(29-15-5-3-14(24)4-6-15)30-21(18)19-12-26-20-8-7-17(13-31(19)20)28-16-2-1-9-25-10-16/h1-2,7-15,28H,3-6,24H2,(H,27,29,30)/t14-,15-. The van der Waals surface area contributed by atoms with Crippen molar-refractivity contribution >= 4 is 23.0 Å². The van der Waals surface area contributed by atoms with Crippen molar-refractivity contribution in [1.29, 1.82) is 0 Å². The summed E-state index contributed by atoms with van der Waals surface area (Å²) < 4.78 is 16.5. The molecule has 0 radical (unpaired) electrons. The number of hydrogen-bond donors (Lipinski definition) is 3. The van der Waals surface area contributed by atoms with Crippen LogP contribution in [0.2, 0.25) is 0 Å². The minimum Gasteiger partial charge on any atom is -0.353 e. The third-order valence-corrected chi connectivity index (χ3v) is 5.55. The zero-order chi connectivity index (χ0) is 21.2. The van der Waals surface area contributed by atoms with Gasteiger partial charge < -0.3 is 16.4 Å². The Hall–Kier alpha value is -3.59. The molecule has 158 valence electrons. The predicted molar refractivity (Wildman–Crippen MR) is 118 cm³/mol. The van der Waals surface area contributed by atoms with Crippen molar-refractivity contribution in [2.45, 2.75) is 37.8 Å². The molecule has 1 saturated carbocycles. The fourth-order valence-electron chi connectivity index (χ4n) is 3.90. The lowest BCUT2D eigenvalue weighted by molar-refractivity contribution is 0.409. The number of imidazole rings is 1. The molecule has 0 amide bonds. The molecule has 4 aromatic heterocycles. The number of anilines is 3. The third-order valence-electron chi connectivity index (χ3n) is 5.55. The first kappa shape index (κ1) is 19.4. The fourth-order valence-corrected chi connectivity index (χ4v) is 3.90. The van der Waals surface area contributed by atoms with Crippen molar-refractivity contribution in [1.82, 2.24) is 24.3 Å². The Kier molecular flexibility index (Phi) is 5.17. The van der Waals surface area contributed by atoms with Gasteiger partial charge in [0.2, 0.25) is 5.95 Å². The van der Waals surface area contributed by atoms with E-state index in [-0.39, 0.29) is 17.8 Å². The van der Waals surface area contributed by atoms with E-state index in [1.54, 1.807) is 18.6 Å². The second-order valence-corrected chi connectivity index (χ2v) is 7.80. The highest BCUT2D eigenvalue weighted by Gasteiger charge is 2.20. The lowest BCUT2D eigenvalue weighted by Gasteiger charge is -2.26. The first-order chi connectivity index (χ1) is 15.2. The van der Waals surface area contributed by atoms with Gasteiger partial charge in [-0.15, -0.1) is 0 Å². The maximum atomic E-state index is 14.7. The maximum absolute atomic E-state index is 14.7. The van der Waals surface area contributed by atoms with Gasteiger partial charge in [-0.3, -0.25) is 9.38 Å². The first-order valence-corrected chi connectivity index (χ1v) is 10.3. The molecule has 9 heteroatoms. The third kappa shape index (κ3) is 4.17. The zero-order valence-corrected chi connectivity index (χ0v) is 16.9. The van der Waals surface area contributed by atoms with Crippen molar-refractivity contribution in [2.75, 3.05) is 10.6 Å². The Labute approximate surface area is 178 Å². The van der Waals surface area contributed by atoms with Gasteiger partial charge in [0.1, 0.15) is 11.3 Å². The highest BCUT2D eigenvalue weighted by atomic mass is 19.1. The molecule has 5 rings (SSSR count). The summed E-state index contributed by atoms with van der Waals surface area (Å²) in [7, 11) is 0. The average molecular weight is 418 g/mol. The van der Waals surface area contributed by atoms with Crippen LogP contribution in [0.15, 0.2) is 55.2 Å². The highest BCUT2D eigenvalue weighted by molar-refractivity contribution is 5.66. The minimum atomic E-state index is -0.497. The maximum Gasteiger partial charge on any atom is 0.223 e. The summed E-state index contributed by atoms with van der Waals surface area (Å²) in [5, 5.41) is 6.62. The van der Waals surface area contributed by atoms with Crippen LogP contribution in [0.1, 0.15) is 25.7 Å². The fraction of sp³-hybridized carbons (Fsp3) is 0.273. The zero-order valence-electron chi connectivity index (χ0n) is 16.9. The molecule has 8 nitrogen and oxygen atoms in total. The van der Waals surface area contributed by atoms with Crippen molar-refractivity contribution < 1.29 is 4.39 Å². The molecule has 4 heterocycles. The number of fused-ring (bicyclic) bond motifs is 1. The van der Waals surface area contributed by atoms with Crippen LogP contribution in [0.5, 0.6) is 0 Å². The molecule has 1 fully saturated rings. The number of aromatic nitrogens is 5. The molecule has 0 atom stereocenters. The molecule has 0 spiro atoms. The van der Waals surface area contributed by atoms with Crippen molar-refractivity contribution in [3.8, 4) is 11.4 Å². The molecule has 0 saturated heterocycles. The van der Waals surface area contributed by atoms with Crippen molar-refractivity contribution in [3.63, 3.8) is 0 Å². The Balaban J connectivity index is 1.45. The second-order valence-electron chi connectivity index (χ2n) is 7.80. The van der Waals surface area contributed by atoms with E-state index in [0.717, 1.165) is 37.1 Å². The number of nitrogens with zero attached hydrogens (tertiary/aromatic N) is 5. The van der Waals surface area contributed by atoms with E-state index in [2.05, 4.69) is 30.6 Å². The topological polar surface area (TPSA) is 106 Å². The normalized spacial score (nSPS) is 18.8. The number of rotatable bonds is 5. The van der Waals surface area contributed by atoms with E-state index in [4.69, 9.17) is 5.73 Å². The summed E-state index contributed by atoms with van der Waals surface area (Å²) in [5.41, 5.74) is 9.12. The van der Waals surface area contributed by atoms with E-state index in [1.807, 2.05) is 34.9 Å². The number of halogens is 1. The van der Waals surface area contributed by atoms with Crippen LogP contribution in [0, 0.1) is 5.82 Å². The van der Waals surface area contributed by atoms with E-state index in [9.17, 15) is 4.39 Å². The summed E-state index contributed by atoms with van der Waals surface area (Å²) >= 11 is 0. The highest BCUT2D eigenvalue weighted by Crippen LogP contribution is 2.26. The molecule has 31 heavy (non-hydrogen) atoms. The number of pyridine rings is 2. The van der Waals surface area contributed by atoms with Gasteiger partial charge in [0, 0.05) is 24.5 Å². The summed E-state index contributed by atoms with van der Waals surface area (Å²) in [6.07, 6.45) is 12.0. The Morgan fingerprint density at radius 3 is 2.68 bits per heavy atom. The van der Waals surface area contributed by atoms with Gasteiger partial charge in [-0.1, -0.05) is 0 Å². The molecule has 0 bridgehead atoms. The minimum absolute atomic E-state index is 0.205. The van der Waals surface area contributed by atoms with Crippen LogP contribution in [0.25, 0.3) is 17.0 Å². The van der Waals surface area contributed by atoms with Crippen molar-refractivity contribution in [3.05, 3.63) is 61.1 Å². The molecule has 0 aliphatic heterocycles. The Bertz CT molecular complexity index is 1180. The van der Waals surface area contributed by atoms with Crippen molar-refractivity contribution in [2.24, 2.45) is 5.73 Å². The molecule has 0 aromatic carbocycles. The summed E-state index contributed by atoms with van der Waals surface area (Å²) in [4.78, 5) is 17.1. The van der Waals surface area contributed by atoms with Gasteiger partial charge in [0.15, 0.2) is 5.82 Å². The van der Waals surface area contributed by atoms with Gasteiger partial charge in [0.25, 0.3) is 0 Å². The summed E-state index contributed by atoms with van der Waals surface area (Å²) in [6, 6.07) is 8.06. The SMILES string of the molecule is N[C@H]1CC[C@H](Nc2ncc(F)c(-c3cnc4ccc(Nc5cccnc5)cn34)n2)CC1. The summed E-state index contributed by atoms with van der Waals surface area (Å²) in [6.45, 7) is 0. The molecule has 4 N–H and O–H groups in total. The number of hydrogen-bond acceptors (Lipinski definition) is 7. The average Bonchev–Trinajstić information content (AvgIpc) is 3.20. The second kappa shape index (κ2) is 8.27. The molecule has 1 aliphatic carbocycles. The molecule has 4 aromatic rings.